The maximum Gasteiger partial charge on any atom is 0.274 e. The summed E-state index contributed by atoms with van der Waals surface area (Å²) in [6.45, 7) is 4.25. The van der Waals surface area contributed by atoms with E-state index in [4.69, 9.17) is 25.9 Å². The molecular weight excluding hydrogens is 456 g/mol. The first-order valence-electron chi connectivity index (χ1n) is 10.5. The molecule has 2 N–H and O–H groups in total. The standard InChI is InChI=1S/C26H21ClN2O5/c1-16(30)22-10-11-32-25-13-24(19(14-28)12-23(22)25)34-21-8-4-18(5-9-21)26(31)29-33-15-17-2-6-20(27)7-3-17/h2-9,12-13,22,30H,1,10-11,15H2,(H,29,31). The SMILES string of the molecule is C=C(O)C1CCOc2cc(Oc3ccc(C(=O)NOCc4ccc(Cl)cc4)cc3)c(C#N)cc21. The molecule has 0 spiro atoms. The molecule has 0 saturated heterocycles. The minimum atomic E-state index is -0.407. The normalized spacial score (nSPS) is 14.3. The van der Waals surface area contributed by atoms with Gasteiger partial charge in [0.15, 0.2) is 0 Å². The van der Waals surface area contributed by atoms with Crippen molar-refractivity contribution in [2.75, 3.05) is 6.61 Å². The number of nitrogens with zero attached hydrogens (tertiary/aromatic N) is 1. The van der Waals surface area contributed by atoms with E-state index in [1.807, 2.05) is 12.1 Å². The monoisotopic (exact) mass is 476 g/mol. The number of rotatable bonds is 7. The first-order chi connectivity index (χ1) is 16.4. The van der Waals surface area contributed by atoms with Gasteiger partial charge in [0.2, 0.25) is 0 Å². The highest BCUT2D eigenvalue weighted by molar-refractivity contribution is 6.30. The molecule has 0 aromatic heterocycles. The number of aliphatic hydroxyl groups is 1. The van der Waals surface area contributed by atoms with Crippen molar-refractivity contribution in [3.63, 3.8) is 0 Å². The fourth-order valence-corrected chi connectivity index (χ4v) is 3.69. The van der Waals surface area contributed by atoms with Crippen molar-refractivity contribution in [2.24, 2.45) is 0 Å². The summed E-state index contributed by atoms with van der Waals surface area (Å²) < 4.78 is 11.6. The number of nitriles is 1. The van der Waals surface area contributed by atoms with Crippen LogP contribution in [0, 0.1) is 11.3 Å². The minimum Gasteiger partial charge on any atom is -0.512 e. The lowest BCUT2D eigenvalue weighted by Crippen LogP contribution is -2.23. The number of nitrogens with one attached hydrogen (secondary N) is 1. The number of hydrogen-bond donors (Lipinski definition) is 2. The van der Waals surface area contributed by atoms with Crippen LogP contribution in [-0.4, -0.2) is 17.6 Å². The van der Waals surface area contributed by atoms with Crippen LogP contribution in [0.15, 0.2) is 73.0 Å². The minimum absolute atomic E-state index is 0.0353. The number of benzene rings is 3. The van der Waals surface area contributed by atoms with Gasteiger partial charge in [-0.25, -0.2) is 5.48 Å². The number of carbonyl (C=O) groups excluding carboxylic acids is 1. The molecule has 8 heteroatoms. The zero-order valence-corrected chi connectivity index (χ0v) is 18.8. The van der Waals surface area contributed by atoms with E-state index in [1.54, 1.807) is 48.5 Å². The van der Waals surface area contributed by atoms with Crippen molar-refractivity contribution >= 4 is 17.5 Å². The molecule has 0 bridgehead atoms. The molecule has 3 aromatic rings. The van der Waals surface area contributed by atoms with E-state index in [1.165, 1.54) is 0 Å². The van der Waals surface area contributed by atoms with Gasteiger partial charge in [-0.3, -0.25) is 9.63 Å². The molecule has 34 heavy (non-hydrogen) atoms. The molecule has 1 atom stereocenters. The van der Waals surface area contributed by atoms with Crippen molar-refractivity contribution in [1.82, 2.24) is 5.48 Å². The first kappa shape index (κ1) is 23.2. The molecule has 1 aliphatic rings. The number of hydroxylamine groups is 1. The largest absolute Gasteiger partial charge is 0.512 e. The second kappa shape index (κ2) is 10.3. The van der Waals surface area contributed by atoms with Gasteiger partial charge in [-0.1, -0.05) is 30.3 Å². The average Bonchev–Trinajstić information content (AvgIpc) is 2.84. The number of ether oxygens (including phenoxy) is 2. The maximum atomic E-state index is 12.3. The lowest BCUT2D eigenvalue weighted by atomic mass is 9.90. The van der Waals surface area contributed by atoms with Crippen LogP contribution in [0.5, 0.6) is 17.2 Å². The summed E-state index contributed by atoms with van der Waals surface area (Å²) in [4.78, 5) is 17.6. The van der Waals surface area contributed by atoms with Crippen LogP contribution in [0.3, 0.4) is 0 Å². The Morgan fingerprint density at radius 2 is 1.94 bits per heavy atom. The van der Waals surface area contributed by atoms with Crippen LogP contribution in [0.4, 0.5) is 0 Å². The Morgan fingerprint density at radius 3 is 2.62 bits per heavy atom. The lowest BCUT2D eigenvalue weighted by Gasteiger charge is -2.26. The van der Waals surface area contributed by atoms with Gasteiger partial charge in [0.05, 0.1) is 24.5 Å². The van der Waals surface area contributed by atoms with E-state index in [2.05, 4.69) is 18.1 Å². The molecule has 0 fully saturated rings. The van der Waals surface area contributed by atoms with Crippen LogP contribution >= 0.6 is 11.6 Å². The van der Waals surface area contributed by atoms with Gasteiger partial charge in [0, 0.05) is 28.1 Å². The molecular formula is C26H21ClN2O5. The second-order valence-electron chi connectivity index (χ2n) is 7.65. The Labute approximate surface area is 201 Å². The molecule has 1 aliphatic heterocycles. The van der Waals surface area contributed by atoms with Gasteiger partial charge < -0.3 is 14.6 Å². The van der Waals surface area contributed by atoms with Crippen LogP contribution in [0.25, 0.3) is 0 Å². The number of allylic oxidation sites excluding steroid dienone is 1. The topological polar surface area (TPSA) is 101 Å². The highest BCUT2D eigenvalue weighted by Crippen LogP contribution is 2.41. The molecule has 1 amide bonds. The third-order valence-corrected chi connectivity index (χ3v) is 5.59. The van der Waals surface area contributed by atoms with E-state index in [-0.39, 0.29) is 18.3 Å². The number of hydrogen-bond acceptors (Lipinski definition) is 6. The second-order valence-corrected chi connectivity index (χ2v) is 8.09. The Hall–Kier alpha value is -3.99. The summed E-state index contributed by atoms with van der Waals surface area (Å²) in [6.07, 6.45) is 0.584. The quantitative estimate of drug-likeness (QED) is 0.330. The smallest absolute Gasteiger partial charge is 0.274 e. The van der Waals surface area contributed by atoms with E-state index >= 15 is 0 Å². The third-order valence-electron chi connectivity index (χ3n) is 5.34. The van der Waals surface area contributed by atoms with Crippen LogP contribution in [0.2, 0.25) is 5.02 Å². The molecule has 0 radical (unpaired) electrons. The fraction of sp³-hybridized carbons (Fsp3) is 0.154. The predicted octanol–water partition coefficient (Wildman–Crippen LogP) is 5.80. The van der Waals surface area contributed by atoms with Crippen molar-refractivity contribution in [1.29, 1.82) is 5.26 Å². The van der Waals surface area contributed by atoms with E-state index in [9.17, 15) is 15.2 Å². The summed E-state index contributed by atoms with van der Waals surface area (Å²) in [5.74, 6) is 0.630. The van der Waals surface area contributed by atoms with Gasteiger partial charge in [-0.05, 0) is 54.4 Å². The number of fused-ring (bicyclic) bond motifs is 1. The highest BCUT2D eigenvalue weighted by atomic mass is 35.5. The van der Waals surface area contributed by atoms with E-state index in [0.717, 1.165) is 5.56 Å². The van der Waals surface area contributed by atoms with Crippen molar-refractivity contribution in [2.45, 2.75) is 18.9 Å². The predicted molar refractivity (Wildman–Crippen MR) is 126 cm³/mol. The molecule has 7 nitrogen and oxygen atoms in total. The molecule has 1 unspecified atom stereocenters. The molecule has 1 heterocycles. The van der Waals surface area contributed by atoms with Gasteiger partial charge in [0.25, 0.3) is 5.91 Å². The summed E-state index contributed by atoms with van der Waals surface area (Å²) in [5.41, 5.74) is 4.64. The van der Waals surface area contributed by atoms with Crippen LogP contribution in [0.1, 0.15) is 39.4 Å². The Morgan fingerprint density at radius 1 is 1.21 bits per heavy atom. The lowest BCUT2D eigenvalue weighted by molar-refractivity contribution is 0.0233. The van der Waals surface area contributed by atoms with Crippen LogP contribution < -0.4 is 15.0 Å². The molecule has 0 saturated carbocycles. The summed E-state index contributed by atoms with van der Waals surface area (Å²) in [7, 11) is 0. The van der Waals surface area contributed by atoms with Crippen molar-refractivity contribution < 1.29 is 24.2 Å². The number of amides is 1. The van der Waals surface area contributed by atoms with Gasteiger partial charge in [-0.2, -0.15) is 5.26 Å². The summed E-state index contributed by atoms with van der Waals surface area (Å²) in [6, 6.07) is 18.9. The molecule has 3 aromatic carbocycles. The van der Waals surface area contributed by atoms with Crippen molar-refractivity contribution in [3.8, 4) is 23.3 Å². The van der Waals surface area contributed by atoms with Gasteiger partial charge >= 0.3 is 0 Å². The van der Waals surface area contributed by atoms with E-state index in [0.29, 0.717) is 52.0 Å². The van der Waals surface area contributed by atoms with Gasteiger partial charge in [-0.15, -0.1) is 0 Å². The maximum absolute atomic E-state index is 12.3. The Kier molecular flexibility index (Phi) is 7.02. The zero-order chi connectivity index (χ0) is 24.1. The zero-order valence-electron chi connectivity index (χ0n) is 18.1. The van der Waals surface area contributed by atoms with Crippen molar-refractivity contribution in [3.05, 3.63) is 100 Å². The Balaban J connectivity index is 1.41. The molecule has 0 aliphatic carbocycles. The molecule has 4 rings (SSSR count). The summed E-state index contributed by atoms with van der Waals surface area (Å²) in [5, 5.41) is 20.1. The first-order valence-corrected chi connectivity index (χ1v) is 10.9. The van der Waals surface area contributed by atoms with Gasteiger partial charge in [0.1, 0.15) is 23.3 Å². The Bertz CT molecular complexity index is 1250. The van der Waals surface area contributed by atoms with Crippen LogP contribution in [-0.2, 0) is 11.4 Å². The number of aliphatic hydroxyl groups excluding tert-OH is 1. The highest BCUT2D eigenvalue weighted by Gasteiger charge is 2.26. The fourth-order valence-electron chi connectivity index (χ4n) is 3.56. The average molecular weight is 477 g/mol. The van der Waals surface area contributed by atoms with E-state index < -0.39 is 5.91 Å². The third kappa shape index (κ3) is 5.31. The molecule has 172 valence electrons. The summed E-state index contributed by atoms with van der Waals surface area (Å²) >= 11 is 5.85. The number of carbonyl (C=O) groups is 1. The number of halogens is 1.